The number of rotatable bonds is 8. The summed E-state index contributed by atoms with van der Waals surface area (Å²) in [5.41, 5.74) is 1.81. The molecule has 0 unspecified atom stereocenters. The van der Waals surface area contributed by atoms with E-state index in [0.29, 0.717) is 45.0 Å². The first-order chi connectivity index (χ1) is 18.2. The standard InChI is InChI=1S/C27H22BrN3O7/c1-3-37-23-13-18(21(28)14-24(23)38-15-17-8-6-9-19(11-17)31(35)36)12-20-25(32)29-27(34)30(26(20)33)22-10-5-4-7-16(22)2/h4-14H,3,15H2,1-2H3,(H,29,32,34)/b20-12+. The number of barbiturate groups is 1. The summed E-state index contributed by atoms with van der Waals surface area (Å²) in [6.07, 6.45) is 1.37. The molecular weight excluding hydrogens is 558 g/mol. The molecule has 4 amide bonds. The number of nitrogens with one attached hydrogen (secondary N) is 1. The van der Waals surface area contributed by atoms with E-state index in [0.717, 1.165) is 4.90 Å². The molecule has 0 aliphatic carbocycles. The Morgan fingerprint density at radius 3 is 2.47 bits per heavy atom. The van der Waals surface area contributed by atoms with Gasteiger partial charge in [0.15, 0.2) is 11.5 Å². The fraction of sp³-hybridized carbons (Fsp3) is 0.148. The van der Waals surface area contributed by atoms with Crippen molar-refractivity contribution in [3.63, 3.8) is 0 Å². The van der Waals surface area contributed by atoms with E-state index in [1.54, 1.807) is 62.4 Å². The maximum atomic E-state index is 13.3. The van der Waals surface area contributed by atoms with Crippen molar-refractivity contribution < 1.29 is 28.8 Å². The van der Waals surface area contributed by atoms with E-state index < -0.39 is 22.8 Å². The van der Waals surface area contributed by atoms with Gasteiger partial charge in [-0.1, -0.05) is 46.3 Å². The van der Waals surface area contributed by atoms with Crippen molar-refractivity contribution in [2.75, 3.05) is 11.5 Å². The topological polar surface area (TPSA) is 128 Å². The summed E-state index contributed by atoms with van der Waals surface area (Å²) in [5, 5.41) is 13.3. The number of carbonyl (C=O) groups excluding carboxylic acids is 3. The number of nitro groups is 1. The molecule has 0 atom stereocenters. The number of aryl methyl sites for hydroxylation is 1. The number of hydrogen-bond acceptors (Lipinski definition) is 7. The largest absolute Gasteiger partial charge is 0.490 e. The van der Waals surface area contributed by atoms with Crippen LogP contribution in [0.5, 0.6) is 11.5 Å². The van der Waals surface area contributed by atoms with Crippen LogP contribution in [0.25, 0.3) is 6.08 Å². The van der Waals surface area contributed by atoms with Crippen LogP contribution in [0.1, 0.15) is 23.6 Å². The van der Waals surface area contributed by atoms with Crippen molar-refractivity contribution in [2.24, 2.45) is 0 Å². The van der Waals surface area contributed by atoms with E-state index in [1.807, 2.05) is 0 Å². The van der Waals surface area contributed by atoms with Gasteiger partial charge >= 0.3 is 6.03 Å². The van der Waals surface area contributed by atoms with Crippen LogP contribution in [-0.4, -0.2) is 29.4 Å². The summed E-state index contributed by atoms with van der Waals surface area (Å²) < 4.78 is 12.1. The molecule has 0 saturated carbocycles. The first kappa shape index (κ1) is 26.6. The summed E-state index contributed by atoms with van der Waals surface area (Å²) in [7, 11) is 0. The number of carbonyl (C=O) groups is 3. The predicted octanol–water partition coefficient (Wildman–Crippen LogP) is 5.31. The third kappa shape index (κ3) is 5.57. The Morgan fingerprint density at radius 2 is 1.76 bits per heavy atom. The minimum atomic E-state index is -0.828. The van der Waals surface area contributed by atoms with Gasteiger partial charge < -0.3 is 9.47 Å². The van der Waals surface area contributed by atoms with E-state index in [4.69, 9.17) is 9.47 Å². The molecule has 1 aliphatic rings. The molecule has 0 spiro atoms. The molecule has 0 bridgehead atoms. The molecule has 4 rings (SSSR count). The maximum absolute atomic E-state index is 13.3. The number of nitro benzene ring substituents is 1. The second-order valence-corrected chi connectivity index (χ2v) is 9.07. The van der Waals surface area contributed by atoms with Crippen LogP contribution in [0, 0.1) is 17.0 Å². The molecule has 3 aromatic rings. The second-order valence-electron chi connectivity index (χ2n) is 8.21. The molecule has 11 heteroatoms. The van der Waals surface area contributed by atoms with Crippen LogP contribution in [0.2, 0.25) is 0 Å². The second kappa shape index (κ2) is 11.3. The maximum Gasteiger partial charge on any atom is 0.335 e. The normalized spacial score (nSPS) is 14.4. The minimum Gasteiger partial charge on any atom is -0.490 e. The van der Waals surface area contributed by atoms with Crippen LogP contribution >= 0.6 is 15.9 Å². The average Bonchev–Trinajstić information content (AvgIpc) is 2.88. The van der Waals surface area contributed by atoms with Gasteiger partial charge in [0.05, 0.1) is 17.2 Å². The Balaban J connectivity index is 1.66. The van der Waals surface area contributed by atoms with E-state index in [2.05, 4.69) is 21.2 Å². The average molecular weight is 580 g/mol. The van der Waals surface area contributed by atoms with Gasteiger partial charge in [0.1, 0.15) is 12.2 Å². The Labute approximate surface area is 226 Å². The molecule has 0 aromatic heterocycles. The van der Waals surface area contributed by atoms with E-state index in [1.165, 1.54) is 18.2 Å². The monoisotopic (exact) mass is 579 g/mol. The van der Waals surface area contributed by atoms with Gasteiger partial charge in [0.2, 0.25) is 0 Å². The van der Waals surface area contributed by atoms with Crippen LogP contribution in [0.4, 0.5) is 16.2 Å². The number of benzene rings is 3. The van der Waals surface area contributed by atoms with Crippen LogP contribution in [0.15, 0.2) is 70.7 Å². The number of ether oxygens (including phenoxy) is 2. The number of imide groups is 2. The van der Waals surface area contributed by atoms with Crippen LogP contribution in [-0.2, 0) is 16.2 Å². The van der Waals surface area contributed by atoms with Gasteiger partial charge in [-0.2, -0.15) is 0 Å². The molecular formula is C27H22BrN3O7. The third-order valence-electron chi connectivity index (χ3n) is 5.64. The lowest BCUT2D eigenvalue weighted by atomic mass is 10.1. The first-order valence-corrected chi connectivity index (χ1v) is 12.3. The summed E-state index contributed by atoms with van der Waals surface area (Å²) in [5.74, 6) is -0.892. The molecule has 10 nitrogen and oxygen atoms in total. The molecule has 1 aliphatic heterocycles. The molecule has 38 heavy (non-hydrogen) atoms. The number of nitrogens with zero attached hydrogens (tertiary/aromatic N) is 2. The summed E-state index contributed by atoms with van der Waals surface area (Å²) in [6, 6.07) is 15.3. The predicted molar refractivity (Wildman–Crippen MR) is 143 cm³/mol. The van der Waals surface area contributed by atoms with Crippen molar-refractivity contribution in [1.29, 1.82) is 0 Å². The number of urea groups is 1. The zero-order valence-electron chi connectivity index (χ0n) is 20.4. The first-order valence-electron chi connectivity index (χ1n) is 11.5. The number of amides is 4. The lowest BCUT2D eigenvalue weighted by molar-refractivity contribution is -0.384. The highest BCUT2D eigenvalue weighted by Gasteiger charge is 2.37. The van der Waals surface area contributed by atoms with E-state index in [-0.39, 0.29) is 17.9 Å². The quantitative estimate of drug-likeness (QED) is 0.166. The number of halogens is 1. The highest BCUT2D eigenvalue weighted by atomic mass is 79.9. The Kier molecular flexibility index (Phi) is 7.87. The number of anilines is 1. The van der Waals surface area contributed by atoms with Crippen molar-refractivity contribution >= 4 is 51.2 Å². The minimum absolute atomic E-state index is 0.0447. The summed E-state index contributed by atoms with van der Waals surface area (Å²) in [4.78, 5) is 49.9. The van der Waals surface area contributed by atoms with Gasteiger partial charge in [-0.25, -0.2) is 9.69 Å². The Morgan fingerprint density at radius 1 is 1.03 bits per heavy atom. The van der Waals surface area contributed by atoms with Crippen molar-refractivity contribution in [2.45, 2.75) is 20.5 Å². The molecule has 194 valence electrons. The van der Waals surface area contributed by atoms with Gasteiger partial charge in [-0.05, 0) is 54.8 Å². The van der Waals surface area contributed by atoms with Crippen LogP contribution in [0.3, 0.4) is 0 Å². The molecule has 0 radical (unpaired) electrons. The summed E-state index contributed by atoms with van der Waals surface area (Å²) >= 11 is 3.45. The van der Waals surface area contributed by atoms with Crippen molar-refractivity contribution in [3.8, 4) is 11.5 Å². The summed E-state index contributed by atoms with van der Waals surface area (Å²) in [6.45, 7) is 3.89. The Bertz CT molecular complexity index is 1490. The zero-order valence-corrected chi connectivity index (χ0v) is 22.0. The fourth-order valence-electron chi connectivity index (χ4n) is 3.81. The number of para-hydroxylation sites is 1. The van der Waals surface area contributed by atoms with Crippen molar-refractivity contribution in [1.82, 2.24) is 5.32 Å². The molecule has 1 fully saturated rings. The highest BCUT2D eigenvalue weighted by molar-refractivity contribution is 9.10. The number of non-ortho nitro benzene ring substituents is 1. The molecule has 1 heterocycles. The highest BCUT2D eigenvalue weighted by Crippen LogP contribution is 2.36. The van der Waals surface area contributed by atoms with Gasteiger partial charge in [0.25, 0.3) is 17.5 Å². The van der Waals surface area contributed by atoms with Gasteiger partial charge in [-0.3, -0.25) is 25.0 Å². The van der Waals surface area contributed by atoms with E-state index >= 15 is 0 Å². The number of hydrogen-bond donors (Lipinski definition) is 1. The van der Waals surface area contributed by atoms with E-state index in [9.17, 15) is 24.5 Å². The van der Waals surface area contributed by atoms with Crippen molar-refractivity contribution in [3.05, 3.63) is 97.5 Å². The lowest BCUT2D eigenvalue weighted by Gasteiger charge is -2.27. The van der Waals surface area contributed by atoms with Crippen LogP contribution < -0.4 is 19.7 Å². The Hall–Kier alpha value is -4.51. The smallest absolute Gasteiger partial charge is 0.335 e. The fourth-order valence-corrected chi connectivity index (χ4v) is 4.25. The SMILES string of the molecule is CCOc1cc(/C=C2\C(=O)NC(=O)N(c3ccccc3C)C2=O)c(Br)cc1OCc1cccc([N+](=O)[O-])c1. The molecule has 1 saturated heterocycles. The van der Waals surface area contributed by atoms with Gasteiger partial charge in [0, 0.05) is 16.6 Å². The zero-order chi connectivity index (χ0) is 27.4. The third-order valence-corrected chi connectivity index (χ3v) is 6.32. The van der Waals surface area contributed by atoms with Gasteiger partial charge in [-0.15, -0.1) is 0 Å². The molecule has 1 N–H and O–H groups in total. The lowest BCUT2D eigenvalue weighted by Crippen LogP contribution is -2.54. The molecule has 3 aromatic carbocycles.